The Labute approximate surface area is 165 Å². The van der Waals surface area contributed by atoms with Gasteiger partial charge in [-0.2, -0.15) is 0 Å². The number of amides is 1. The van der Waals surface area contributed by atoms with Crippen LogP contribution in [-0.2, 0) is 4.79 Å². The highest BCUT2D eigenvalue weighted by molar-refractivity contribution is 5.92. The highest BCUT2D eigenvalue weighted by Gasteiger charge is 2.33. The van der Waals surface area contributed by atoms with E-state index in [0.717, 1.165) is 46.8 Å². The maximum atomic E-state index is 12.6. The number of ether oxygens (including phenoxy) is 3. The molecule has 0 spiro atoms. The number of methoxy groups -OCH3 is 1. The van der Waals surface area contributed by atoms with Gasteiger partial charge < -0.3 is 19.5 Å². The van der Waals surface area contributed by atoms with Crippen LogP contribution in [0.3, 0.4) is 0 Å². The molecule has 1 atom stereocenters. The largest absolute Gasteiger partial charge is 0.496 e. The maximum absolute atomic E-state index is 12.6. The van der Waals surface area contributed by atoms with Crippen molar-refractivity contribution in [3.05, 3.63) is 59.2 Å². The Morgan fingerprint density at radius 1 is 1.14 bits per heavy atom. The zero-order chi connectivity index (χ0) is 19.5. The average molecular weight is 379 g/mol. The van der Waals surface area contributed by atoms with Crippen molar-refractivity contribution in [1.82, 2.24) is 5.32 Å². The molecular formula is C23H25NO4. The Balaban J connectivity index is 1.50. The van der Waals surface area contributed by atoms with Crippen molar-refractivity contribution in [3.8, 4) is 17.2 Å². The van der Waals surface area contributed by atoms with E-state index in [1.807, 2.05) is 43.3 Å². The van der Waals surface area contributed by atoms with Gasteiger partial charge in [-0.1, -0.05) is 17.7 Å². The summed E-state index contributed by atoms with van der Waals surface area (Å²) in [5, 5.41) is 3.16. The summed E-state index contributed by atoms with van der Waals surface area (Å²) in [4.78, 5) is 12.6. The fourth-order valence-electron chi connectivity index (χ4n) is 3.51. The van der Waals surface area contributed by atoms with Crippen LogP contribution in [0.1, 0.15) is 35.6 Å². The van der Waals surface area contributed by atoms with Gasteiger partial charge in [0.05, 0.1) is 13.2 Å². The van der Waals surface area contributed by atoms with Crippen LogP contribution in [-0.4, -0.2) is 26.2 Å². The molecule has 5 heteroatoms. The first-order valence-electron chi connectivity index (χ1n) is 9.67. The van der Waals surface area contributed by atoms with E-state index < -0.39 is 0 Å². The van der Waals surface area contributed by atoms with Gasteiger partial charge >= 0.3 is 0 Å². The van der Waals surface area contributed by atoms with Gasteiger partial charge in [-0.3, -0.25) is 4.79 Å². The minimum Gasteiger partial charge on any atom is -0.496 e. The molecule has 1 fully saturated rings. The van der Waals surface area contributed by atoms with Gasteiger partial charge in [0.2, 0.25) is 5.91 Å². The van der Waals surface area contributed by atoms with Crippen molar-refractivity contribution >= 4 is 12.0 Å². The van der Waals surface area contributed by atoms with Crippen LogP contribution < -0.4 is 19.5 Å². The summed E-state index contributed by atoms with van der Waals surface area (Å²) >= 11 is 0. The number of hydrogen-bond acceptors (Lipinski definition) is 4. The van der Waals surface area contributed by atoms with E-state index in [1.54, 1.807) is 19.3 Å². The quantitative estimate of drug-likeness (QED) is 0.769. The first-order chi connectivity index (χ1) is 13.6. The lowest BCUT2D eigenvalue weighted by molar-refractivity contribution is -0.117. The maximum Gasteiger partial charge on any atom is 0.244 e. The van der Waals surface area contributed by atoms with Crippen LogP contribution in [0.15, 0.2) is 42.5 Å². The monoisotopic (exact) mass is 379 g/mol. The first kappa shape index (κ1) is 18.4. The molecule has 1 unspecified atom stereocenters. The Kier molecular flexibility index (Phi) is 5.24. The number of nitrogens with one attached hydrogen (secondary N) is 1. The van der Waals surface area contributed by atoms with Crippen molar-refractivity contribution in [2.24, 2.45) is 5.92 Å². The van der Waals surface area contributed by atoms with E-state index in [9.17, 15) is 4.79 Å². The van der Waals surface area contributed by atoms with Crippen molar-refractivity contribution in [1.29, 1.82) is 0 Å². The molecule has 0 bridgehead atoms. The summed E-state index contributed by atoms with van der Waals surface area (Å²) in [7, 11) is 1.63. The molecule has 0 aromatic heterocycles. The highest BCUT2D eigenvalue weighted by atomic mass is 16.6. The van der Waals surface area contributed by atoms with Gasteiger partial charge in [-0.25, -0.2) is 0 Å². The third-order valence-electron chi connectivity index (χ3n) is 5.12. The molecule has 146 valence electrons. The molecule has 1 N–H and O–H groups in total. The zero-order valence-corrected chi connectivity index (χ0v) is 16.2. The van der Waals surface area contributed by atoms with Crippen molar-refractivity contribution in [2.45, 2.75) is 25.8 Å². The van der Waals surface area contributed by atoms with E-state index in [0.29, 0.717) is 19.1 Å². The van der Waals surface area contributed by atoms with Crippen LogP contribution >= 0.6 is 0 Å². The number of fused-ring (bicyclic) bond motifs is 1. The minimum atomic E-state index is -0.115. The number of rotatable bonds is 6. The Morgan fingerprint density at radius 3 is 2.68 bits per heavy atom. The summed E-state index contributed by atoms with van der Waals surface area (Å²) in [6.45, 7) is 3.14. The predicted octanol–water partition coefficient (Wildman–Crippen LogP) is 4.06. The topological polar surface area (TPSA) is 56.8 Å². The fraction of sp³-hybridized carbons (Fsp3) is 0.348. The molecule has 5 nitrogen and oxygen atoms in total. The van der Waals surface area contributed by atoms with Gasteiger partial charge in [0.15, 0.2) is 11.5 Å². The number of hydrogen-bond donors (Lipinski definition) is 1. The molecule has 2 aliphatic rings. The molecule has 1 heterocycles. The molecule has 2 aromatic rings. The fourth-order valence-corrected chi connectivity index (χ4v) is 3.51. The Morgan fingerprint density at radius 2 is 1.93 bits per heavy atom. The summed E-state index contributed by atoms with van der Waals surface area (Å²) in [5.74, 6) is 2.62. The molecule has 28 heavy (non-hydrogen) atoms. The molecule has 0 saturated heterocycles. The standard InChI is InChI=1S/C23H25NO4/c1-15-3-8-19(26-2)17(13-15)7-10-22(25)24-23(16-4-5-16)18-6-9-20-21(14-18)28-12-11-27-20/h3,6-10,13-14,16,23H,4-5,11-12H2,1-2H3,(H,24,25)/b10-7+. The van der Waals surface area contributed by atoms with Gasteiger partial charge in [-0.15, -0.1) is 0 Å². The van der Waals surface area contributed by atoms with E-state index >= 15 is 0 Å². The lowest BCUT2D eigenvalue weighted by Crippen LogP contribution is -2.28. The van der Waals surface area contributed by atoms with Crippen LogP contribution in [0, 0.1) is 12.8 Å². The Hall–Kier alpha value is -2.95. The van der Waals surface area contributed by atoms with E-state index in [-0.39, 0.29) is 11.9 Å². The summed E-state index contributed by atoms with van der Waals surface area (Å²) in [6, 6.07) is 11.8. The lowest BCUT2D eigenvalue weighted by Gasteiger charge is -2.22. The van der Waals surface area contributed by atoms with E-state index in [2.05, 4.69) is 5.32 Å². The zero-order valence-electron chi connectivity index (χ0n) is 16.2. The van der Waals surface area contributed by atoms with Crippen LogP contribution in [0.4, 0.5) is 0 Å². The lowest BCUT2D eigenvalue weighted by atomic mass is 10.0. The number of carbonyl (C=O) groups is 1. The molecule has 1 aliphatic carbocycles. The summed E-state index contributed by atoms with van der Waals surface area (Å²) < 4.78 is 16.7. The molecule has 1 amide bonds. The first-order valence-corrected chi connectivity index (χ1v) is 9.67. The van der Waals surface area contributed by atoms with Crippen molar-refractivity contribution in [3.63, 3.8) is 0 Å². The number of aryl methyl sites for hydroxylation is 1. The molecule has 0 radical (unpaired) electrons. The third-order valence-corrected chi connectivity index (χ3v) is 5.12. The second-order valence-electron chi connectivity index (χ2n) is 7.31. The second kappa shape index (κ2) is 7.97. The smallest absolute Gasteiger partial charge is 0.244 e. The molecule has 2 aromatic carbocycles. The summed E-state index contributed by atoms with van der Waals surface area (Å²) in [6.07, 6.45) is 5.61. The van der Waals surface area contributed by atoms with E-state index in [4.69, 9.17) is 14.2 Å². The van der Waals surface area contributed by atoms with Crippen LogP contribution in [0.25, 0.3) is 6.08 Å². The Bertz CT molecular complexity index is 901. The average Bonchev–Trinajstić information content (AvgIpc) is 3.55. The highest BCUT2D eigenvalue weighted by Crippen LogP contribution is 2.43. The van der Waals surface area contributed by atoms with Gasteiger partial charge in [0.1, 0.15) is 19.0 Å². The second-order valence-corrected chi connectivity index (χ2v) is 7.31. The van der Waals surface area contributed by atoms with Gasteiger partial charge in [-0.05, 0) is 61.6 Å². The summed E-state index contributed by atoms with van der Waals surface area (Å²) in [5.41, 5.74) is 3.06. The van der Waals surface area contributed by atoms with Crippen LogP contribution in [0.5, 0.6) is 17.2 Å². The van der Waals surface area contributed by atoms with Crippen LogP contribution in [0.2, 0.25) is 0 Å². The van der Waals surface area contributed by atoms with Gasteiger partial charge in [0.25, 0.3) is 0 Å². The number of benzene rings is 2. The molecule has 1 aliphatic heterocycles. The SMILES string of the molecule is COc1ccc(C)cc1/C=C/C(=O)NC(c1ccc2c(c1)OCCO2)C1CC1. The normalized spacial score (nSPS) is 16.6. The van der Waals surface area contributed by atoms with E-state index in [1.165, 1.54) is 0 Å². The number of carbonyl (C=O) groups excluding carboxylic acids is 1. The third kappa shape index (κ3) is 4.14. The predicted molar refractivity (Wildman–Crippen MR) is 108 cm³/mol. The van der Waals surface area contributed by atoms with Crippen molar-refractivity contribution < 1.29 is 19.0 Å². The molecular weight excluding hydrogens is 354 g/mol. The molecule has 4 rings (SSSR count). The van der Waals surface area contributed by atoms with Gasteiger partial charge in [0, 0.05) is 11.6 Å². The minimum absolute atomic E-state index is 0.0209. The van der Waals surface area contributed by atoms with Crippen molar-refractivity contribution in [2.75, 3.05) is 20.3 Å². The molecule has 1 saturated carbocycles.